The maximum Gasteiger partial charge on any atom is 0.323 e. The van der Waals surface area contributed by atoms with Gasteiger partial charge < -0.3 is 19.7 Å². The van der Waals surface area contributed by atoms with Crippen molar-refractivity contribution in [3.63, 3.8) is 0 Å². The lowest BCUT2D eigenvalue weighted by Crippen LogP contribution is -2.34. The Balaban J connectivity index is 1.78. The Morgan fingerprint density at radius 1 is 1.20 bits per heavy atom. The number of anilines is 1. The first-order valence-electron chi connectivity index (χ1n) is 7.78. The molecule has 0 radical (unpaired) electrons. The number of benzene rings is 2. The standard InChI is InChI=1S/C18H19FN2O3S/c1-23-15-9-14(10-16(11-15)24-2)20-18(22)21-6-7-25-17(21)12-4-3-5-13(19)8-12/h3-5,8-11,17H,6-7H2,1-2H3,(H,20,22). The first-order valence-corrected chi connectivity index (χ1v) is 8.83. The monoisotopic (exact) mass is 362 g/mol. The molecule has 1 heterocycles. The molecule has 1 aliphatic rings. The lowest BCUT2D eigenvalue weighted by molar-refractivity contribution is 0.214. The summed E-state index contributed by atoms with van der Waals surface area (Å²) >= 11 is 1.62. The number of halogens is 1. The van der Waals surface area contributed by atoms with E-state index in [0.29, 0.717) is 23.7 Å². The minimum absolute atomic E-state index is 0.205. The Bertz CT molecular complexity index is 749. The molecule has 1 fully saturated rings. The second-order valence-electron chi connectivity index (χ2n) is 5.50. The molecular weight excluding hydrogens is 343 g/mol. The van der Waals surface area contributed by atoms with E-state index in [2.05, 4.69) is 5.32 Å². The summed E-state index contributed by atoms with van der Waals surface area (Å²) in [7, 11) is 3.11. The minimum Gasteiger partial charge on any atom is -0.497 e. The molecule has 132 valence electrons. The Morgan fingerprint density at radius 3 is 2.56 bits per heavy atom. The maximum atomic E-state index is 13.5. The third kappa shape index (κ3) is 3.99. The van der Waals surface area contributed by atoms with E-state index in [9.17, 15) is 9.18 Å². The van der Waals surface area contributed by atoms with Crippen LogP contribution in [0, 0.1) is 5.82 Å². The number of thioether (sulfide) groups is 1. The van der Waals surface area contributed by atoms with Gasteiger partial charge in [-0.1, -0.05) is 12.1 Å². The summed E-state index contributed by atoms with van der Waals surface area (Å²) in [6, 6.07) is 11.3. The quantitative estimate of drug-likeness (QED) is 0.889. The highest BCUT2D eigenvalue weighted by Crippen LogP contribution is 2.38. The topological polar surface area (TPSA) is 50.8 Å². The van der Waals surface area contributed by atoms with E-state index in [1.54, 1.807) is 55.1 Å². The highest BCUT2D eigenvalue weighted by Gasteiger charge is 2.31. The Hall–Kier alpha value is -2.41. The van der Waals surface area contributed by atoms with Crippen LogP contribution in [-0.4, -0.2) is 37.4 Å². The van der Waals surface area contributed by atoms with Gasteiger partial charge >= 0.3 is 6.03 Å². The second kappa shape index (κ2) is 7.65. The fourth-order valence-corrected chi connectivity index (χ4v) is 3.93. The fourth-order valence-electron chi connectivity index (χ4n) is 2.69. The van der Waals surface area contributed by atoms with Gasteiger partial charge in [0.15, 0.2) is 0 Å². The molecule has 2 aromatic carbocycles. The summed E-state index contributed by atoms with van der Waals surface area (Å²) < 4.78 is 23.9. The van der Waals surface area contributed by atoms with Crippen molar-refractivity contribution >= 4 is 23.5 Å². The molecule has 5 nitrogen and oxygen atoms in total. The number of urea groups is 1. The van der Waals surface area contributed by atoms with Gasteiger partial charge in [-0.15, -0.1) is 11.8 Å². The van der Waals surface area contributed by atoms with Gasteiger partial charge in [-0.05, 0) is 17.7 Å². The first-order chi connectivity index (χ1) is 12.1. The Morgan fingerprint density at radius 2 is 1.92 bits per heavy atom. The van der Waals surface area contributed by atoms with Crippen molar-refractivity contribution in [1.82, 2.24) is 4.90 Å². The van der Waals surface area contributed by atoms with E-state index >= 15 is 0 Å². The molecule has 1 saturated heterocycles. The van der Waals surface area contributed by atoms with Crippen molar-refractivity contribution in [2.45, 2.75) is 5.37 Å². The van der Waals surface area contributed by atoms with E-state index < -0.39 is 0 Å². The van der Waals surface area contributed by atoms with Gasteiger partial charge in [-0.2, -0.15) is 0 Å². The van der Waals surface area contributed by atoms with Gasteiger partial charge in [0.25, 0.3) is 0 Å². The smallest absolute Gasteiger partial charge is 0.323 e. The number of carbonyl (C=O) groups is 1. The zero-order chi connectivity index (χ0) is 17.8. The van der Waals surface area contributed by atoms with Crippen molar-refractivity contribution < 1.29 is 18.7 Å². The molecule has 0 spiro atoms. The molecule has 1 atom stereocenters. The lowest BCUT2D eigenvalue weighted by Gasteiger charge is -2.24. The van der Waals surface area contributed by atoms with Crippen LogP contribution in [0.3, 0.4) is 0 Å². The minimum atomic E-state index is -0.303. The van der Waals surface area contributed by atoms with Crippen LogP contribution in [0.1, 0.15) is 10.9 Å². The summed E-state index contributed by atoms with van der Waals surface area (Å²) in [5.74, 6) is 1.68. The fraction of sp³-hybridized carbons (Fsp3) is 0.278. The van der Waals surface area contributed by atoms with Crippen LogP contribution >= 0.6 is 11.8 Å². The van der Waals surface area contributed by atoms with Gasteiger partial charge in [-0.25, -0.2) is 9.18 Å². The maximum absolute atomic E-state index is 13.5. The molecule has 1 unspecified atom stereocenters. The molecule has 7 heteroatoms. The average molecular weight is 362 g/mol. The predicted molar refractivity (Wildman–Crippen MR) is 96.9 cm³/mol. The van der Waals surface area contributed by atoms with Crippen LogP contribution in [-0.2, 0) is 0 Å². The van der Waals surface area contributed by atoms with Crippen molar-refractivity contribution in [2.24, 2.45) is 0 Å². The van der Waals surface area contributed by atoms with Crippen molar-refractivity contribution in [3.8, 4) is 11.5 Å². The van der Waals surface area contributed by atoms with E-state index in [0.717, 1.165) is 11.3 Å². The van der Waals surface area contributed by atoms with Crippen molar-refractivity contribution in [1.29, 1.82) is 0 Å². The normalized spacial score (nSPS) is 16.6. The van der Waals surface area contributed by atoms with Gasteiger partial charge in [-0.3, -0.25) is 0 Å². The highest BCUT2D eigenvalue weighted by molar-refractivity contribution is 7.99. The molecule has 0 bridgehead atoms. The van der Waals surface area contributed by atoms with Crippen LogP contribution in [0.5, 0.6) is 11.5 Å². The zero-order valence-corrected chi connectivity index (χ0v) is 14.8. The molecule has 0 saturated carbocycles. The largest absolute Gasteiger partial charge is 0.497 e. The van der Waals surface area contributed by atoms with Gasteiger partial charge in [0.05, 0.1) is 14.2 Å². The number of amides is 2. The van der Waals surface area contributed by atoms with E-state index in [1.807, 2.05) is 6.07 Å². The molecule has 25 heavy (non-hydrogen) atoms. The number of methoxy groups -OCH3 is 2. The molecule has 2 aromatic rings. The zero-order valence-electron chi connectivity index (χ0n) is 14.0. The summed E-state index contributed by atoms with van der Waals surface area (Å²) in [6.45, 7) is 0.596. The van der Waals surface area contributed by atoms with Crippen LogP contribution in [0.4, 0.5) is 14.9 Å². The van der Waals surface area contributed by atoms with E-state index in [-0.39, 0.29) is 17.2 Å². The van der Waals surface area contributed by atoms with Crippen LogP contribution in [0.2, 0.25) is 0 Å². The van der Waals surface area contributed by atoms with Crippen LogP contribution in [0.15, 0.2) is 42.5 Å². The van der Waals surface area contributed by atoms with Crippen LogP contribution in [0.25, 0.3) is 0 Å². The number of hydrogen-bond acceptors (Lipinski definition) is 4. The average Bonchev–Trinajstić information content (AvgIpc) is 3.11. The molecule has 1 aliphatic heterocycles. The first kappa shape index (κ1) is 17.4. The number of nitrogens with one attached hydrogen (secondary N) is 1. The summed E-state index contributed by atoms with van der Waals surface area (Å²) in [6.07, 6.45) is 0. The molecular formula is C18H19FN2O3S. The van der Waals surface area contributed by atoms with Gasteiger partial charge in [0, 0.05) is 36.2 Å². The van der Waals surface area contributed by atoms with E-state index in [1.165, 1.54) is 12.1 Å². The lowest BCUT2D eigenvalue weighted by atomic mass is 10.2. The number of hydrogen-bond donors (Lipinski definition) is 1. The second-order valence-corrected chi connectivity index (χ2v) is 6.69. The molecule has 1 N–H and O–H groups in total. The van der Waals surface area contributed by atoms with E-state index in [4.69, 9.17) is 9.47 Å². The summed E-state index contributed by atoms with van der Waals surface area (Å²) in [5.41, 5.74) is 1.36. The number of nitrogens with zero attached hydrogens (tertiary/aromatic N) is 1. The predicted octanol–water partition coefficient (Wildman–Crippen LogP) is 4.12. The third-order valence-corrected chi connectivity index (χ3v) is 5.15. The Labute approximate surface area is 150 Å². The highest BCUT2D eigenvalue weighted by atomic mass is 32.2. The van der Waals surface area contributed by atoms with Crippen molar-refractivity contribution in [3.05, 3.63) is 53.8 Å². The number of carbonyl (C=O) groups excluding carboxylic acids is 1. The number of ether oxygens (including phenoxy) is 2. The number of rotatable bonds is 4. The van der Waals surface area contributed by atoms with Gasteiger partial charge in [0.2, 0.25) is 0 Å². The third-order valence-electron chi connectivity index (χ3n) is 3.89. The molecule has 3 rings (SSSR count). The SMILES string of the molecule is COc1cc(NC(=O)N2CCSC2c2cccc(F)c2)cc(OC)c1. The van der Waals surface area contributed by atoms with Crippen molar-refractivity contribution in [2.75, 3.05) is 31.8 Å². The summed E-state index contributed by atoms with van der Waals surface area (Å²) in [5, 5.41) is 2.66. The molecule has 0 aromatic heterocycles. The summed E-state index contributed by atoms with van der Waals surface area (Å²) in [4.78, 5) is 14.4. The molecule has 2 amide bonds. The van der Waals surface area contributed by atoms with Gasteiger partial charge in [0.1, 0.15) is 22.7 Å². The molecule has 0 aliphatic carbocycles. The Kier molecular flexibility index (Phi) is 5.33. The van der Waals surface area contributed by atoms with Crippen LogP contribution < -0.4 is 14.8 Å².